The Hall–Kier alpha value is -1.93. The van der Waals surface area contributed by atoms with Crippen molar-refractivity contribution >= 4 is 25.6 Å². The summed E-state index contributed by atoms with van der Waals surface area (Å²) in [4.78, 5) is 25.5. The molecular formula is C21H35N3O4Si. The summed E-state index contributed by atoms with van der Waals surface area (Å²) in [6.07, 6.45) is 1.41. The number of nitrogens with one attached hydrogen (secondary N) is 1. The van der Waals surface area contributed by atoms with Gasteiger partial charge in [-0.3, -0.25) is 14.9 Å². The number of nitro benzene ring substituents is 1. The van der Waals surface area contributed by atoms with Crippen LogP contribution in [-0.4, -0.2) is 50.8 Å². The van der Waals surface area contributed by atoms with Gasteiger partial charge in [0.25, 0.3) is 5.69 Å². The van der Waals surface area contributed by atoms with Crippen LogP contribution in [0.2, 0.25) is 18.1 Å². The van der Waals surface area contributed by atoms with Crippen LogP contribution in [0.3, 0.4) is 0 Å². The fourth-order valence-corrected chi connectivity index (χ4v) is 4.47. The number of benzene rings is 1. The van der Waals surface area contributed by atoms with E-state index in [0.717, 1.165) is 6.42 Å². The number of likely N-dealkylation sites (tertiary alicyclic amines) is 1. The largest absolute Gasteiger partial charge is 0.417 e. The monoisotopic (exact) mass is 421 g/mol. The summed E-state index contributed by atoms with van der Waals surface area (Å²) < 4.78 is 6.16. The molecule has 1 fully saturated rings. The van der Waals surface area contributed by atoms with Crippen molar-refractivity contribution in [2.45, 2.75) is 64.1 Å². The third kappa shape index (κ3) is 4.98. The number of anilines is 1. The molecule has 1 N–H and O–H groups in total. The molecule has 1 amide bonds. The number of nitro groups is 1. The number of rotatable bonds is 8. The van der Waals surface area contributed by atoms with Crippen molar-refractivity contribution in [2.24, 2.45) is 0 Å². The first-order chi connectivity index (χ1) is 13.3. The van der Waals surface area contributed by atoms with Crippen molar-refractivity contribution < 1.29 is 14.1 Å². The molecule has 1 aromatic rings. The maximum Gasteiger partial charge on any atom is 0.275 e. The molecule has 2 rings (SSSR count). The Balaban J connectivity index is 2.03. The van der Waals surface area contributed by atoms with Crippen LogP contribution >= 0.6 is 0 Å². The number of hydrogen-bond acceptors (Lipinski definition) is 5. The zero-order valence-electron chi connectivity index (χ0n) is 18.8. The molecule has 1 aromatic carbocycles. The summed E-state index contributed by atoms with van der Waals surface area (Å²) in [5, 5.41) is 15.1. The van der Waals surface area contributed by atoms with Crippen molar-refractivity contribution in [2.75, 3.05) is 32.1 Å². The van der Waals surface area contributed by atoms with Crippen LogP contribution in [0, 0.1) is 10.1 Å². The Morgan fingerprint density at radius 2 is 2.00 bits per heavy atom. The highest BCUT2D eigenvalue weighted by Gasteiger charge is 2.46. The molecule has 1 aliphatic rings. The lowest BCUT2D eigenvalue weighted by atomic mass is 9.80. The van der Waals surface area contributed by atoms with Crippen LogP contribution in [0.5, 0.6) is 0 Å². The van der Waals surface area contributed by atoms with Gasteiger partial charge in [-0.1, -0.05) is 20.8 Å². The van der Waals surface area contributed by atoms with Gasteiger partial charge in [-0.25, -0.2) is 0 Å². The highest BCUT2D eigenvalue weighted by Crippen LogP contribution is 2.40. The standard InChI is InChI=1S/C21H35N3O4Si/c1-20(2,3)29(6,7)28-14-8-12-22-16-9-10-17(18(15-16)24(26)27)21(4)11-13-23(5)19(21)25/h9-10,15,22H,8,11-14H2,1-7H3. The molecule has 0 spiro atoms. The molecule has 1 aliphatic heterocycles. The highest BCUT2D eigenvalue weighted by molar-refractivity contribution is 6.74. The summed E-state index contributed by atoms with van der Waals surface area (Å²) in [7, 11) is -0.0169. The average Bonchev–Trinajstić information content (AvgIpc) is 2.88. The van der Waals surface area contributed by atoms with Gasteiger partial charge in [-0.05, 0) is 50.0 Å². The normalized spacial score (nSPS) is 20.2. The quantitative estimate of drug-likeness (QED) is 0.288. The minimum atomic E-state index is -1.75. The summed E-state index contributed by atoms with van der Waals surface area (Å²) in [6, 6.07) is 5.10. The molecule has 0 radical (unpaired) electrons. The van der Waals surface area contributed by atoms with Crippen molar-refractivity contribution in [3.63, 3.8) is 0 Å². The van der Waals surface area contributed by atoms with Gasteiger partial charge in [0.2, 0.25) is 5.91 Å². The molecule has 1 unspecified atom stereocenters. The summed E-state index contributed by atoms with van der Waals surface area (Å²) in [5.41, 5.74) is 0.338. The van der Waals surface area contributed by atoms with E-state index in [1.807, 2.05) is 6.07 Å². The zero-order chi connectivity index (χ0) is 22.0. The van der Waals surface area contributed by atoms with Crippen molar-refractivity contribution in [3.8, 4) is 0 Å². The SMILES string of the molecule is CN1CCC(C)(c2ccc(NCCCO[Si](C)(C)C(C)(C)C)cc2[N+](=O)[O-])C1=O. The molecule has 8 heteroatoms. The number of amides is 1. The molecule has 1 heterocycles. The van der Waals surface area contributed by atoms with Crippen LogP contribution < -0.4 is 5.32 Å². The molecular weight excluding hydrogens is 386 g/mol. The minimum Gasteiger partial charge on any atom is -0.417 e. The zero-order valence-corrected chi connectivity index (χ0v) is 19.8. The van der Waals surface area contributed by atoms with Gasteiger partial charge in [0.15, 0.2) is 8.32 Å². The maximum absolute atomic E-state index is 12.6. The maximum atomic E-state index is 12.6. The fourth-order valence-electron chi connectivity index (χ4n) is 3.38. The molecule has 7 nitrogen and oxygen atoms in total. The minimum absolute atomic E-state index is 0.00123. The molecule has 0 saturated carbocycles. The Labute approximate surface area is 175 Å². The first-order valence-electron chi connectivity index (χ1n) is 10.2. The van der Waals surface area contributed by atoms with Gasteiger partial charge in [0, 0.05) is 44.1 Å². The molecule has 29 heavy (non-hydrogen) atoms. The van der Waals surface area contributed by atoms with E-state index in [0.29, 0.717) is 37.4 Å². The summed E-state index contributed by atoms with van der Waals surface area (Å²) in [5.74, 6) is -0.0657. The predicted molar refractivity (Wildman–Crippen MR) is 119 cm³/mol. The van der Waals surface area contributed by atoms with Crippen molar-refractivity contribution in [1.29, 1.82) is 0 Å². The molecule has 0 aliphatic carbocycles. The van der Waals surface area contributed by atoms with E-state index >= 15 is 0 Å². The van der Waals surface area contributed by atoms with E-state index in [1.54, 1.807) is 31.0 Å². The van der Waals surface area contributed by atoms with Crippen molar-refractivity contribution in [3.05, 3.63) is 33.9 Å². The molecule has 0 aromatic heterocycles. The lowest BCUT2D eigenvalue weighted by molar-refractivity contribution is -0.385. The Morgan fingerprint density at radius 1 is 1.34 bits per heavy atom. The Morgan fingerprint density at radius 3 is 2.52 bits per heavy atom. The second-order valence-electron chi connectivity index (χ2n) is 9.69. The number of nitrogens with zero attached hydrogens (tertiary/aromatic N) is 2. The van der Waals surface area contributed by atoms with E-state index in [9.17, 15) is 14.9 Å². The Kier molecular flexibility index (Phi) is 6.79. The number of carbonyl (C=O) groups excluding carboxylic acids is 1. The number of carbonyl (C=O) groups is 1. The fraction of sp³-hybridized carbons (Fsp3) is 0.667. The second-order valence-corrected chi connectivity index (χ2v) is 14.5. The topological polar surface area (TPSA) is 84.7 Å². The van der Waals surface area contributed by atoms with Gasteiger partial charge in [-0.15, -0.1) is 0 Å². The van der Waals surface area contributed by atoms with E-state index in [2.05, 4.69) is 39.2 Å². The third-order valence-corrected chi connectivity index (χ3v) is 11.0. The lowest BCUT2D eigenvalue weighted by Crippen LogP contribution is -2.41. The number of likely N-dealkylation sites (N-methyl/N-ethyl adjacent to an activating group) is 1. The average molecular weight is 422 g/mol. The van der Waals surface area contributed by atoms with E-state index in [1.165, 1.54) is 0 Å². The molecule has 1 atom stereocenters. The summed E-state index contributed by atoms with van der Waals surface area (Å²) >= 11 is 0. The van der Waals surface area contributed by atoms with Gasteiger partial charge >= 0.3 is 0 Å². The van der Waals surface area contributed by atoms with Crippen molar-refractivity contribution in [1.82, 2.24) is 4.90 Å². The second kappa shape index (κ2) is 8.43. The lowest BCUT2D eigenvalue weighted by Gasteiger charge is -2.36. The van der Waals surface area contributed by atoms with Crippen LogP contribution in [-0.2, 0) is 14.6 Å². The van der Waals surface area contributed by atoms with Crippen LogP contribution in [0.15, 0.2) is 18.2 Å². The summed E-state index contributed by atoms with van der Waals surface area (Å²) in [6.45, 7) is 14.8. The first-order valence-corrected chi connectivity index (χ1v) is 13.1. The molecule has 1 saturated heterocycles. The smallest absolute Gasteiger partial charge is 0.275 e. The van der Waals surface area contributed by atoms with Gasteiger partial charge in [-0.2, -0.15) is 0 Å². The van der Waals surface area contributed by atoms with Crippen LogP contribution in [0.25, 0.3) is 0 Å². The number of hydrogen-bond donors (Lipinski definition) is 1. The Bertz CT molecular complexity index is 776. The van der Waals surface area contributed by atoms with E-state index < -0.39 is 18.7 Å². The van der Waals surface area contributed by atoms with Crippen LogP contribution in [0.1, 0.15) is 46.1 Å². The molecule has 0 bridgehead atoms. The predicted octanol–water partition coefficient (Wildman–Crippen LogP) is 4.54. The highest BCUT2D eigenvalue weighted by atomic mass is 28.4. The first kappa shape index (κ1) is 23.3. The van der Waals surface area contributed by atoms with Crippen LogP contribution in [0.4, 0.5) is 11.4 Å². The third-order valence-electron chi connectivity index (χ3n) is 6.47. The van der Waals surface area contributed by atoms with E-state index in [4.69, 9.17) is 4.43 Å². The van der Waals surface area contributed by atoms with Gasteiger partial charge in [0.05, 0.1) is 10.3 Å². The molecule has 162 valence electrons. The van der Waals surface area contributed by atoms with Gasteiger partial charge < -0.3 is 14.6 Å². The van der Waals surface area contributed by atoms with Gasteiger partial charge in [0.1, 0.15) is 0 Å². The van der Waals surface area contributed by atoms with E-state index in [-0.39, 0.29) is 16.6 Å².